The highest BCUT2D eigenvalue weighted by atomic mass is 79.9. The van der Waals surface area contributed by atoms with Gasteiger partial charge in [-0.2, -0.15) is 0 Å². The molecule has 2 N–H and O–H groups in total. The predicted octanol–water partition coefficient (Wildman–Crippen LogP) is 4.19. The van der Waals surface area contributed by atoms with Gasteiger partial charge in [0.2, 0.25) is 0 Å². The van der Waals surface area contributed by atoms with Gasteiger partial charge < -0.3 is 10.5 Å². The summed E-state index contributed by atoms with van der Waals surface area (Å²) in [6, 6.07) is 10.5. The highest BCUT2D eigenvalue weighted by Gasteiger charge is 2.07. The maximum Gasteiger partial charge on any atom is 0.165 e. The zero-order valence-electron chi connectivity index (χ0n) is 10.6. The van der Waals surface area contributed by atoms with Gasteiger partial charge in [0, 0.05) is 4.47 Å². The second kappa shape index (κ2) is 6.17. The number of rotatable bonds is 4. The van der Waals surface area contributed by atoms with Crippen LogP contribution in [0.15, 0.2) is 40.9 Å². The van der Waals surface area contributed by atoms with E-state index in [1.807, 2.05) is 25.1 Å². The lowest BCUT2D eigenvalue weighted by Gasteiger charge is -2.09. The summed E-state index contributed by atoms with van der Waals surface area (Å²) >= 11 is 3.41. The van der Waals surface area contributed by atoms with Crippen molar-refractivity contribution < 1.29 is 9.13 Å². The Hall–Kier alpha value is -1.39. The first-order chi connectivity index (χ1) is 9.10. The summed E-state index contributed by atoms with van der Waals surface area (Å²) in [4.78, 5) is 0. The number of benzene rings is 2. The van der Waals surface area contributed by atoms with E-state index >= 15 is 0 Å². The molecule has 0 fully saturated rings. The lowest BCUT2D eigenvalue weighted by atomic mass is 10.1. The molecule has 0 bridgehead atoms. The number of halogens is 2. The molecule has 0 unspecified atom stereocenters. The zero-order valence-corrected chi connectivity index (χ0v) is 12.2. The summed E-state index contributed by atoms with van der Waals surface area (Å²) in [6.07, 6.45) is 0.661. The standard InChI is InChI=1S/C15H15BrFNO/c1-10-8-12(3-4-13(10)16)19-15-5-2-11(6-7-18)9-14(15)17/h2-5,8-9H,6-7,18H2,1H3. The number of hydrogen-bond donors (Lipinski definition) is 1. The maximum atomic E-state index is 13.9. The van der Waals surface area contributed by atoms with Gasteiger partial charge in [-0.3, -0.25) is 0 Å². The smallest absolute Gasteiger partial charge is 0.165 e. The Morgan fingerprint density at radius 2 is 2.00 bits per heavy atom. The summed E-state index contributed by atoms with van der Waals surface area (Å²) in [5, 5.41) is 0. The third-order valence-electron chi connectivity index (χ3n) is 2.79. The average Bonchev–Trinajstić information content (AvgIpc) is 2.37. The highest BCUT2D eigenvalue weighted by Crippen LogP contribution is 2.28. The van der Waals surface area contributed by atoms with E-state index in [1.54, 1.807) is 12.1 Å². The fraction of sp³-hybridized carbons (Fsp3) is 0.200. The van der Waals surface area contributed by atoms with Gasteiger partial charge in [-0.1, -0.05) is 22.0 Å². The Bertz CT molecular complexity index is 586. The van der Waals surface area contributed by atoms with Crippen LogP contribution in [0.5, 0.6) is 11.5 Å². The summed E-state index contributed by atoms with van der Waals surface area (Å²) in [7, 11) is 0. The number of aryl methyl sites for hydroxylation is 1. The maximum absolute atomic E-state index is 13.9. The molecule has 100 valence electrons. The molecule has 2 nitrogen and oxygen atoms in total. The molecule has 0 aliphatic rings. The van der Waals surface area contributed by atoms with Crippen LogP contribution in [-0.2, 0) is 6.42 Å². The topological polar surface area (TPSA) is 35.2 Å². The lowest BCUT2D eigenvalue weighted by molar-refractivity contribution is 0.441. The molecule has 0 aliphatic carbocycles. The van der Waals surface area contributed by atoms with Crippen LogP contribution < -0.4 is 10.5 Å². The fourth-order valence-corrected chi connectivity index (χ4v) is 2.00. The van der Waals surface area contributed by atoms with Crippen molar-refractivity contribution in [2.45, 2.75) is 13.3 Å². The second-order valence-corrected chi connectivity index (χ2v) is 5.17. The van der Waals surface area contributed by atoms with Crippen molar-refractivity contribution in [1.29, 1.82) is 0 Å². The van der Waals surface area contributed by atoms with Gasteiger partial charge >= 0.3 is 0 Å². The van der Waals surface area contributed by atoms with Gasteiger partial charge in [0.1, 0.15) is 5.75 Å². The Kier molecular flexibility index (Phi) is 4.56. The van der Waals surface area contributed by atoms with Crippen molar-refractivity contribution >= 4 is 15.9 Å². The van der Waals surface area contributed by atoms with Crippen LogP contribution in [0, 0.1) is 12.7 Å². The molecule has 0 heterocycles. The first kappa shape index (κ1) is 14.0. The number of hydrogen-bond acceptors (Lipinski definition) is 2. The van der Waals surface area contributed by atoms with Gasteiger partial charge in [-0.15, -0.1) is 0 Å². The predicted molar refractivity (Wildman–Crippen MR) is 78.1 cm³/mol. The molecule has 0 aliphatic heterocycles. The molecule has 4 heteroatoms. The molecule has 0 aromatic heterocycles. The first-order valence-corrected chi connectivity index (χ1v) is 6.82. The second-order valence-electron chi connectivity index (χ2n) is 4.32. The Morgan fingerprint density at radius 1 is 1.21 bits per heavy atom. The van der Waals surface area contributed by atoms with E-state index in [2.05, 4.69) is 15.9 Å². The van der Waals surface area contributed by atoms with Crippen molar-refractivity contribution in [2.75, 3.05) is 6.54 Å². The lowest BCUT2D eigenvalue weighted by Crippen LogP contribution is -2.03. The van der Waals surface area contributed by atoms with E-state index in [0.717, 1.165) is 15.6 Å². The monoisotopic (exact) mass is 323 g/mol. The van der Waals surface area contributed by atoms with Crippen molar-refractivity contribution in [3.63, 3.8) is 0 Å². The molecule has 2 aromatic rings. The Labute approximate surface area is 120 Å². The zero-order chi connectivity index (χ0) is 13.8. The highest BCUT2D eigenvalue weighted by molar-refractivity contribution is 9.10. The van der Waals surface area contributed by atoms with Crippen LogP contribution in [-0.4, -0.2) is 6.54 Å². The minimum atomic E-state index is -0.369. The minimum Gasteiger partial charge on any atom is -0.454 e. The van der Waals surface area contributed by atoms with E-state index < -0.39 is 0 Å². The van der Waals surface area contributed by atoms with Crippen LogP contribution in [0.4, 0.5) is 4.39 Å². The van der Waals surface area contributed by atoms with Crippen LogP contribution in [0.2, 0.25) is 0 Å². The van der Waals surface area contributed by atoms with E-state index in [1.165, 1.54) is 6.07 Å². The molecule has 0 radical (unpaired) electrons. The molecule has 2 aromatic carbocycles. The first-order valence-electron chi connectivity index (χ1n) is 6.02. The molecule has 0 saturated heterocycles. The van der Waals surface area contributed by atoms with Crippen molar-refractivity contribution in [1.82, 2.24) is 0 Å². The van der Waals surface area contributed by atoms with E-state index in [-0.39, 0.29) is 11.6 Å². The molecule has 0 atom stereocenters. The summed E-state index contributed by atoms with van der Waals surface area (Å²) in [5.41, 5.74) is 7.36. The van der Waals surface area contributed by atoms with Gasteiger partial charge in [-0.25, -0.2) is 4.39 Å². The SMILES string of the molecule is Cc1cc(Oc2ccc(CCN)cc2F)ccc1Br. The third-order valence-corrected chi connectivity index (χ3v) is 3.68. The van der Waals surface area contributed by atoms with Gasteiger partial charge in [0.15, 0.2) is 11.6 Å². The Balaban J connectivity index is 2.20. The largest absolute Gasteiger partial charge is 0.454 e. The van der Waals surface area contributed by atoms with E-state index in [4.69, 9.17) is 10.5 Å². The van der Waals surface area contributed by atoms with Crippen LogP contribution in [0.3, 0.4) is 0 Å². The molecular weight excluding hydrogens is 309 g/mol. The fourth-order valence-electron chi connectivity index (χ4n) is 1.76. The van der Waals surface area contributed by atoms with Crippen molar-refractivity contribution in [2.24, 2.45) is 5.73 Å². The Morgan fingerprint density at radius 3 is 2.63 bits per heavy atom. The van der Waals surface area contributed by atoms with Gasteiger partial charge in [0.05, 0.1) is 0 Å². The molecular formula is C15H15BrFNO. The number of nitrogens with two attached hydrogens (primary N) is 1. The van der Waals surface area contributed by atoms with Crippen LogP contribution >= 0.6 is 15.9 Å². The van der Waals surface area contributed by atoms with Crippen LogP contribution in [0.25, 0.3) is 0 Å². The minimum absolute atomic E-state index is 0.225. The molecule has 19 heavy (non-hydrogen) atoms. The average molecular weight is 324 g/mol. The number of ether oxygens (including phenoxy) is 1. The van der Waals surface area contributed by atoms with E-state index in [0.29, 0.717) is 18.7 Å². The summed E-state index contributed by atoms with van der Waals surface area (Å²) < 4.78 is 20.4. The molecule has 2 rings (SSSR count). The molecule has 0 saturated carbocycles. The molecule has 0 spiro atoms. The summed E-state index contributed by atoms with van der Waals surface area (Å²) in [6.45, 7) is 2.46. The normalized spacial score (nSPS) is 10.5. The third kappa shape index (κ3) is 3.55. The quantitative estimate of drug-likeness (QED) is 0.915. The summed E-state index contributed by atoms with van der Waals surface area (Å²) in [5.74, 6) is 0.472. The van der Waals surface area contributed by atoms with Crippen LogP contribution in [0.1, 0.15) is 11.1 Å². The van der Waals surface area contributed by atoms with Crippen molar-refractivity contribution in [3.8, 4) is 11.5 Å². The molecule has 0 amide bonds. The van der Waals surface area contributed by atoms with Gasteiger partial charge in [-0.05, 0) is 61.3 Å². The van der Waals surface area contributed by atoms with Gasteiger partial charge in [0.25, 0.3) is 0 Å². The van der Waals surface area contributed by atoms with E-state index in [9.17, 15) is 4.39 Å². The van der Waals surface area contributed by atoms with Crippen molar-refractivity contribution in [3.05, 3.63) is 57.8 Å².